The van der Waals surface area contributed by atoms with Gasteiger partial charge in [0.1, 0.15) is 5.75 Å². The average Bonchev–Trinajstić information content (AvgIpc) is 2.74. The van der Waals surface area contributed by atoms with Gasteiger partial charge in [0.2, 0.25) is 10.0 Å². The number of nitrogens with one attached hydrogen (secondary N) is 1. The second-order valence-electron chi connectivity index (χ2n) is 6.50. The summed E-state index contributed by atoms with van der Waals surface area (Å²) >= 11 is 6.10. The van der Waals surface area contributed by atoms with Crippen LogP contribution in [0.3, 0.4) is 0 Å². The third-order valence-corrected chi connectivity index (χ3v) is 6.98. The maximum Gasteiger partial charge on any atom is 0.255 e. The van der Waals surface area contributed by atoms with Crippen molar-refractivity contribution in [1.82, 2.24) is 4.31 Å². The van der Waals surface area contributed by atoms with Gasteiger partial charge in [0.15, 0.2) is 0 Å². The normalized spacial score (nSPS) is 15.1. The molecule has 29 heavy (non-hydrogen) atoms. The van der Waals surface area contributed by atoms with Crippen LogP contribution in [0.2, 0.25) is 5.02 Å². The molecular weight excluding hydrogens is 416 g/mol. The lowest BCUT2D eigenvalue weighted by molar-refractivity contribution is 0.0730. The van der Waals surface area contributed by atoms with Crippen LogP contribution in [-0.2, 0) is 21.2 Å². The Morgan fingerprint density at radius 1 is 1.21 bits per heavy atom. The fraction of sp³-hybridized carbons (Fsp3) is 0.350. The van der Waals surface area contributed by atoms with Crippen LogP contribution in [0.25, 0.3) is 0 Å². The number of amides is 1. The number of sulfonamides is 1. The fourth-order valence-electron chi connectivity index (χ4n) is 3.10. The van der Waals surface area contributed by atoms with E-state index in [0.717, 1.165) is 0 Å². The van der Waals surface area contributed by atoms with Gasteiger partial charge in [-0.15, -0.1) is 0 Å². The van der Waals surface area contributed by atoms with Crippen LogP contribution in [0.15, 0.2) is 41.3 Å². The molecule has 1 fully saturated rings. The second kappa shape index (κ2) is 9.13. The first kappa shape index (κ1) is 21.6. The molecule has 0 spiro atoms. The number of carbonyl (C=O) groups is 1. The van der Waals surface area contributed by atoms with E-state index in [9.17, 15) is 13.2 Å². The third kappa shape index (κ3) is 4.72. The highest BCUT2D eigenvalue weighted by Crippen LogP contribution is 2.28. The number of anilines is 1. The molecule has 3 rings (SSSR count). The number of hydrogen-bond donors (Lipinski definition) is 1. The smallest absolute Gasteiger partial charge is 0.255 e. The van der Waals surface area contributed by atoms with Crippen molar-refractivity contribution in [2.24, 2.45) is 0 Å². The summed E-state index contributed by atoms with van der Waals surface area (Å²) in [4.78, 5) is 12.9. The van der Waals surface area contributed by atoms with Crippen molar-refractivity contribution in [2.75, 3.05) is 38.7 Å². The number of benzene rings is 2. The minimum Gasteiger partial charge on any atom is -0.495 e. The van der Waals surface area contributed by atoms with Crippen LogP contribution in [0.1, 0.15) is 22.8 Å². The number of nitrogens with zero attached hydrogens (tertiary/aromatic N) is 1. The number of aryl methyl sites for hydroxylation is 1. The van der Waals surface area contributed by atoms with Crippen LogP contribution in [0.4, 0.5) is 5.69 Å². The number of methoxy groups -OCH3 is 1. The zero-order valence-electron chi connectivity index (χ0n) is 16.3. The molecule has 1 amide bonds. The molecular formula is C20H23ClN2O5S. The van der Waals surface area contributed by atoms with Crippen LogP contribution >= 0.6 is 11.6 Å². The Morgan fingerprint density at radius 3 is 2.55 bits per heavy atom. The van der Waals surface area contributed by atoms with E-state index in [1.54, 1.807) is 30.3 Å². The van der Waals surface area contributed by atoms with Gasteiger partial charge in [0.05, 0.1) is 30.2 Å². The Kier molecular flexibility index (Phi) is 6.79. The van der Waals surface area contributed by atoms with E-state index >= 15 is 0 Å². The molecule has 0 unspecified atom stereocenters. The first-order valence-corrected chi connectivity index (χ1v) is 11.0. The molecule has 0 atom stereocenters. The highest BCUT2D eigenvalue weighted by molar-refractivity contribution is 7.89. The highest BCUT2D eigenvalue weighted by atomic mass is 35.5. The molecule has 0 bridgehead atoms. The molecule has 2 aromatic rings. The van der Waals surface area contributed by atoms with Crippen molar-refractivity contribution in [3.05, 3.63) is 52.5 Å². The quantitative estimate of drug-likeness (QED) is 0.748. The molecule has 156 valence electrons. The minimum atomic E-state index is -3.71. The summed E-state index contributed by atoms with van der Waals surface area (Å²) in [5.41, 5.74) is 1.40. The van der Waals surface area contributed by atoms with Crippen LogP contribution in [-0.4, -0.2) is 52.0 Å². The summed E-state index contributed by atoms with van der Waals surface area (Å²) in [6.45, 7) is 3.20. The van der Waals surface area contributed by atoms with Crippen molar-refractivity contribution in [3.8, 4) is 5.75 Å². The maximum atomic E-state index is 13.1. The van der Waals surface area contributed by atoms with Gasteiger partial charge in [-0.2, -0.15) is 4.31 Å². The van der Waals surface area contributed by atoms with E-state index in [-0.39, 0.29) is 10.5 Å². The topological polar surface area (TPSA) is 84.9 Å². The van der Waals surface area contributed by atoms with Crippen molar-refractivity contribution in [1.29, 1.82) is 0 Å². The van der Waals surface area contributed by atoms with Gasteiger partial charge in [0, 0.05) is 24.3 Å². The highest BCUT2D eigenvalue weighted by Gasteiger charge is 2.29. The molecule has 1 N–H and O–H groups in total. The monoisotopic (exact) mass is 438 g/mol. The summed E-state index contributed by atoms with van der Waals surface area (Å²) in [5.74, 6) is 0.0724. The molecule has 0 aliphatic carbocycles. The lowest BCUT2D eigenvalue weighted by atomic mass is 10.1. The maximum absolute atomic E-state index is 13.1. The van der Waals surface area contributed by atoms with Crippen molar-refractivity contribution in [2.45, 2.75) is 18.2 Å². The Bertz CT molecular complexity index is 1000. The third-order valence-electron chi connectivity index (χ3n) is 4.71. The lowest BCUT2D eigenvalue weighted by Crippen LogP contribution is -2.41. The van der Waals surface area contributed by atoms with Gasteiger partial charge in [0.25, 0.3) is 5.91 Å². The molecule has 2 aromatic carbocycles. The zero-order valence-corrected chi connectivity index (χ0v) is 17.8. The number of morpholine rings is 1. The summed E-state index contributed by atoms with van der Waals surface area (Å²) in [5, 5.41) is 3.10. The van der Waals surface area contributed by atoms with Gasteiger partial charge >= 0.3 is 0 Å². The van der Waals surface area contributed by atoms with Crippen molar-refractivity contribution >= 4 is 33.2 Å². The molecule has 1 aliphatic heterocycles. The summed E-state index contributed by atoms with van der Waals surface area (Å²) in [6.07, 6.45) is 0.537. The van der Waals surface area contributed by atoms with Crippen LogP contribution < -0.4 is 10.1 Å². The zero-order chi connectivity index (χ0) is 21.0. The minimum absolute atomic E-state index is 0.155. The van der Waals surface area contributed by atoms with E-state index in [1.165, 1.54) is 17.5 Å². The Balaban J connectivity index is 1.89. The fourth-order valence-corrected chi connectivity index (χ4v) is 5.09. The van der Waals surface area contributed by atoms with Gasteiger partial charge in [-0.3, -0.25) is 4.79 Å². The average molecular weight is 439 g/mol. The van der Waals surface area contributed by atoms with E-state index in [2.05, 4.69) is 5.32 Å². The summed E-state index contributed by atoms with van der Waals surface area (Å²) in [7, 11) is -2.21. The molecule has 1 heterocycles. The predicted octanol–water partition coefficient (Wildman–Crippen LogP) is 3.18. The molecule has 0 radical (unpaired) electrons. The van der Waals surface area contributed by atoms with Gasteiger partial charge in [-0.1, -0.05) is 24.6 Å². The molecule has 7 nitrogen and oxygen atoms in total. The first-order chi connectivity index (χ1) is 13.9. The summed E-state index contributed by atoms with van der Waals surface area (Å²) < 4.78 is 38.0. The number of ether oxygens (including phenoxy) is 2. The number of hydrogen-bond acceptors (Lipinski definition) is 5. The Morgan fingerprint density at radius 2 is 1.93 bits per heavy atom. The molecule has 1 aliphatic rings. The number of carbonyl (C=O) groups excluding carboxylic acids is 1. The molecule has 0 saturated carbocycles. The number of rotatable bonds is 6. The largest absolute Gasteiger partial charge is 0.495 e. The Hall–Kier alpha value is -2.13. The molecule has 0 aromatic heterocycles. The summed E-state index contributed by atoms with van der Waals surface area (Å²) in [6, 6.07) is 9.62. The first-order valence-electron chi connectivity index (χ1n) is 9.22. The Labute approximate surface area is 175 Å². The molecule has 9 heteroatoms. The van der Waals surface area contributed by atoms with Crippen molar-refractivity contribution in [3.63, 3.8) is 0 Å². The van der Waals surface area contributed by atoms with E-state index in [1.807, 2.05) is 6.92 Å². The standard InChI is InChI=1S/C20H23ClN2O5S/c1-3-14-4-5-15(12-19(14)29(25,26)23-8-10-28-11-9-23)20(24)22-16-6-7-18(27-2)17(21)13-16/h4-7,12-13H,3,8-11H2,1-2H3,(H,22,24). The van der Waals surface area contributed by atoms with E-state index < -0.39 is 15.9 Å². The predicted molar refractivity (Wildman–Crippen MR) is 111 cm³/mol. The van der Waals surface area contributed by atoms with Gasteiger partial charge < -0.3 is 14.8 Å². The van der Waals surface area contributed by atoms with Gasteiger partial charge in [-0.25, -0.2) is 8.42 Å². The molecule has 1 saturated heterocycles. The van der Waals surface area contributed by atoms with Crippen LogP contribution in [0.5, 0.6) is 5.75 Å². The van der Waals surface area contributed by atoms with Gasteiger partial charge in [-0.05, 0) is 42.3 Å². The van der Waals surface area contributed by atoms with Crippen LogP contribution in [0, 0.1) is 0 Å². The number of halogens is 1. The lowest BCUT2D eigenvalue weighted by Gasteiger charge is -2.27. The van der Waals surface area contributed by atoms with E-state index in [4.69, 9.17) is 21.1 Å². The van der Waals surface area contributed by atoms with Crippen molar-refractivity contribution < 1.29 is 22.7 Å². The van der Waals surface area contributed by atoms with E-state index in [0.29, 0.717) is 54.7 Å². The SMILES string of the molecule is CCc1ccc(C(=O)Nc2ccc(OC)c(Cl)c2)cc1S(=O)(=O)N1CCOCC1. The second-order valence-corrected chi connectivity index (χ2v) is 8.81.